The maximum atomic E-state index is 12.7. The number of nitrogens with one attached hydrogen (secondary N) is 1. The highest BCUT2D eigenvalue weighted by Gasteiger charge is 2.21. The van der Waals surface area contributed by atoms with Crippen LogP contribution < -0.4 is 16.6 Å². The van der Waals surface area contributed by atoms with Crippen LogP contribution in [0.1, 0.15) is 31.0 Å². The lowest BCUT2D eigenvalue weighted by Gasteiger charge is -2.13. The first-order valence-electron chi connectivity index (χ1n) is 9.29. The maximum absolute atomic E-state index is 12.7. The summed E-state index contributed by atoms with van der Waals surface area (Å²) in [6.45, 7) is 7.83. The van der Waals surface area contributed by atoms with Crippen LogP contribution in [0.5, 0.6) is 0 Å². The number of anilines is 1. The van der Waals surface area contributed by atoms with E-state index in [1.807, 2.05) is 45.9 Å². The first-order valence-corrected chi connectivity index (χ1v) is 10.3. The van der Waals surface area contributed by atoms with Gasteiger partial charge in [0, 0.05) is 25.8 Å². The lowest BCUT2D eigenvalue weighted by Crippen LogP contribution is -2.37. The number of imidazole rings is 1. The van der Waals surface area contributed by atoms with Crippen molar-refractivity contribution in [1.82, 2.24) is 18.7 Å². The van der Waals surface area contributed by atoms with Crippen LogP contribution in [0.15, 0.2) is 32.9 Å². The molecule has 0 radical (unpaired) electrons. The van der Waals surface area contributed by atoms with E-state index >= 15 is 0 Å². The highest BCUT2D eigenvalue weighted by atomic mass is 32.2. The highest BCUT2D eigenvalue weighted by Crippen LogP contribution is 2.25. The standard InChI is InChI=1S/C20H25N5O3S/c1-11(2)25-16-17(23(5)20(28)24(6)18(16)27)22-19(25)29-10-15(26)21-14-8-12(3)7-13(4)9-14/h7-9,11H,10H2,1-6H3,(H,21,26). The highest BCUT2D eigenvalue weighted by molar-refractivity contribution is 7.99. The van der Waals surface area contributed by atoms with Gasteiger partial charge in [0.15, 0.2) is 16.3 Å². The molecule has 0 aliphatic heterocycles. The van der Waals surface area contributed by atoms with Crippen molar-refractivity contribution in [3.8, 4) is 0 Å². The average Bonchev–Trinajstić information content (AvgIpc) is 3.02. The smallest absolute Gasteiger partial charge is 0.325 e. The second-order valence-corrected chi connectivity index (χ2v) is 8.39. The van der Waals surface area contributed by atoms with Crippen molar-refractivity contribution in [2.75, 3.05) is 11.1 Å². The Morgan fingerprint density at radius 2 is 1.72 bits per heavy atom. The van der Waals surface area contributed by atoms with Crippen LogP contribution in [-0.2, 0) is 18.9 Å². The number of fused-ring (bicyclic) bond motifs is 1. The molecule has 1 aromatic carbocycles. The van der Waals surface area contributed by atoms with Crippen LogP contribution in [0.3, 0.4) is 0 Å². The second kappa shape index (κ2) is 7.90. The zero-order chi connectivity index (χ0) is 21.5. The summed E-state index contributed by atoms with van der Waals surface area (Å²) in [7, 11) is 3.04. The molecule has 2 heterocycles. The summed E-state index contributed by atoms with van der Waals surface area (Å²) in [6, 6.07) is 5.81. The van der Waals surface area contributed by atoms with Gasteiger partial charge in [-0.3, -0.25) is 18.7 Å². The zero-order valence-electron chi connectivity index (χ0n) is 17.4. The summed E-state index contributed by atoms with van der Waals surface area (Å²) in [4.78, 5) is 41.9. The van der Waals surface area contributed by atoms with Crippen molar-refractivity contribution in [3.63, 3.8) is 0 Å². The van der Waals surface area contributed by atoms with E-state index in [-0.39, 0.29) is 17.7 Å². The molecule has 29 heavy (non-hydrogen) atoms. The lowest BCUT2D eigenvalue weighted by atomic mass is 10.1. The summed E-state index contributed by atoms with van der Waals surface area (Å²) >= 11 is 1.24. The number of nitrogens with zero attached hydrogens (tertiary/aromatic N) is 4. The van der Waals surface area contributed by atoms with Gasteiger partial charge < -0.3 is 9.88 Å². The zero-order valence-corrected chi connectivity index (χ0v) is 18.3. The van der Waals surface area contributed by atoms with E-state index in [9.17, 15) is 14.4 Å². The Morgan fingerprint density at radius 3 is 2.31 bits per heavy atom. The molecule has 0 bridgehead atoms. The first-order chi connectivity index (χ1) is 13.6. The van der Waals surface area contributed by atoms with Crippen molar-refractivity contribution in [3.05, 3.63) is 50.2 Å². The van der Waals surface area contributed by atoms with Crippen LogP contribution in [0, 0.1) is 13.8 Å². The number of rotatable bonds is 5. The predicted octanol–water partition coefficient (Wildman–Crippen LogP) is 2.36. The topological polar surface area (TPSA) is 90.9 Å². The van der Waals surface area contributed by atoms with Gasteiger partial charge >= 0.3 is 5.69 Å². The largest absolute Gasteiger partial charge is 0.332 e. The number of hydrogen-bond acceptors (Lipinski definition) is 5. The SMILES string of the molecule is Cc1cc(C)cc(NC(=O)CSc2nc3c(c(=O)n(C)c(=O)n3C)n2C(C)C)c1. The summed E-state index contributed by atoms with van der Waals surface area (Å²) in [5.74, 6) is -0.0266. The summed E-state index contributed by atoms with van der Waals surface area (Å²) < 4.78 is 4.21. The van der Waals surface area contributed by atoms with Crippen LogP contribution in [0.4, 0.5) is 5.69 Å². The van der Waals surface area contributed by atoms with Gasteiger partial charge in [-0.2, -0.15) is 0 Å². The Hall–Kier alpha value is -2.81. The molecule has 0 aliphatic rings. The van der Waals surface area contributed by atoms with E-state index in [1.54, 1.807) is 11.6 Å². The molecule has 0 spiro atoms. The van der Waals surface area contributed by atoms with Crippen molar-refractivity contribution in [2.24, 2.45) is 14.1 Å². The van der Waals surface area contributed by atoms with E-state index in [4.69, 9.17) is 0 Å². The van der Waals surface area contributed by atoms with Gasteiger partial charge in [-0.15, -0.1) is 0 Å². The van der Waals surface area contributed by atoms with E-state index in [0.29, 0.717) is 16.3 Å². The van der Waals surface area contributed by atoms with Gasteiger partial charge in [-0.25, -0.2) is 9.78 Å². The molecular weight excluding hydrogens is 390 g/mol. The number of hydrogen-bond donors (Lipinski definition) is 1. The van der Waals surface area contributed by atoms with Gasteiger partial charge in [0.25, 0.3) is 5.56 Å². The van der Waals surface area contributed by atoms with Crippen molar-refractivity contribution in [1.29, 1.82) is 0 Å². The Morgan fingerprint density at radius 1 is 1.10 bits per heavy atom. The number of carbonyl (C=O) groups excluding carboxylic acids is 1. The normalized spacial score (nSPS) is 11.4. The number of aryl methyl sites for hydroxylation is 3. The van der Waals surface area contributed by atoms with Gasteiger partial charge in [0.2, 0.25) is 5.91 Å². The molecule has 0 atom stereocenters. The van der Waals surface area contributed by atoms with Crippen LogP contribution in [-0.4, -0.2) is 30.3 Å². The van der Waals surface area contributed by atoms with Gasteiger partial charge in [-0.1, -0.05) is 17.8 Å². The first kappa shape index (κ1) is 20.9. The Bertz CT molecular complexity index is 1200. The molecular formula is C20H25N5O3S. The summed E-state index contributed by atoms with van der Waals surface area (Å²) in [5, 5.41) is 3.43. The molecule has 2 aromatic heterocycles. The molecule has 0 aliphatic carbocycles. The van der Waals surface area contributed by atoms with E-state index in [0.717, 1.165) is 21.4 Å². The molecule has 3 aromatic rings. The molecule has 0 fully saturated rings. The third-order valence-electron chi connectivity index (χ3n) is 4.61. The fourth-order valence-corrected chi connectivity index (χ4v) is 4.27. The quantitative estimate of drug-likeness (QED) is 0.646. The minimum Gasteiger partial charge on any atom is -0.325 e. The number of benzene rings is 1. The summed E-state index contributed by atoms with van der Waals surface area (Å²) in [6.07, 6.45) is 0. The molecule has 0 saturated heterocycles. The maximum Gasteiger partial charge on any atom is 0.332 e. The lowest BCUT2D eigenvalue weighted by molar-refractivity contribution is -0.113. The average molecular weight is 416 g/mol. The second-order valence-electron chi connectivity index (χ2n) is 7.45. The molecule has 0 unspecified atom stereocenters. The van der Waals surface area contributed by atoms with Crippen LogP contribution in [0.2, 0.25) is 0 Å². The third kappa shape index (κ3) is 4.00. The summed E-state index contributed by atoms with van der Waals surface area (Å²) in [5.41, 5.74) is 2.76. The molecule has 3 rings (SSSR count). The van der Waals surface area contributed by atoms with Crippen molar-refractivity contribution < 1.29 is 4.79 Å². The molecule has 1 N–H and O–H groups in total. The Kier molecular flexibility index (Phi) is 5.70. The fourth-order valence-electron chi connectivity index (χ4n) is 3.35. The fraction of sp³-hybridized carbons (Fsp3) is 0.400. The Labute approximate surface area is 172 Å². The molecule has 1 amide bonds. The number of thioether (sulfide) groups is 1. The minimum atomic E-state index is -0.431. The predicted molar refractivity (Wildman–Crippen MR) is 116 cm³/mol. The van der Waals surface area contributed by atoms with E-state index in [1.165, 1.54) is 23.4 Å². The monoisotopic (exact) mass is 415 g/mol. The number of amides is 1. The Balaban J connectivity index is 1.92. The van der Waals surface area contributed by atoms with Gasteiger partial charge in [0.05, 0.1) is 5.75 Å². The molecule has 0 saturated carbocycles. The van der Waals surface area contributed by atoms with Gasteiger partial charge in [-0.05, 0) is 51.0 Å². The molecule has 154 valence electrons. The van der Waals surface area contributed by atoms with Crippen molar-refractivity contribution >= 4 is 34.5 Å². The van der Waals surface area contributed by atoms with Crippen LogP contribution in [0.25, 0.3) is 11.2 Å². The number of aromatic nitrogens is 4. The van der Waals surface area contributed by atoms with Crippen molar-refractivity contribution in [2.45, 2.75) is 38.9 Å². The molecule has 8 nitrogen and oxygen atoms in total. The molecule has 9 heteroatoms. The minimum absolute atomic E-state index is 0.0600. The van der Waals surface area contributed by atoms with Gasteiger partial charge in [0.1, 0.15) is 0 Å². The number of carbonyl (C=O) groups is 1. The van der Waals surface area contributed by atoms with E-state index in [2.05, 4.69) is 10.3 Å². The van der Waals surface area contributed by atoms with E-state index < -0.39 is 11.2 Å². The van der Waals surface area contributed by atoms with Crippen LogP contribution >= 0.6 is 11.8 Å². The third-order valence-corrected chi connectivity index (χ3v) is 5.57.